The van der Waals surface area contributed by atoms with E-state index in [0.717, 1.165) is 32.4 Å². The summed E-state index contributed by atoms with van der Waals surface area (Å²) in [5, 5.41) is 3.26. The van der Waals surface area contributed by atoms with Crippen LogP contribution < -0.4 is 11.1 Å². The number of nitrogen functional groups attached to an aromatic ring is 1. The normalized spacial score (nSPS) is 18.2. The summed E-state index contributed by atoms with van der Waals surface area (Å²) in [6.45, 7) is 3.72. The first-order valence-electron chi connectivity index (χ1n) is 7.63. The molecule has 1 heterocycles. The number of rotatable bonds is 6. The number of carbonyl (C=O) groups excluding carboxylic acids is 1. The zero-order valence-corrected chi connectivity index (χ0v) is 12.6. The number of anilines is 2. The van der Waals surface area contributed by atoms with Gasteiger partial charge >= 0.3 is 5.97 Å². The molecule has 5 nitrogen and oxygen atoms in total. The zero-order valence-electron chi connectivity index (χ0n) is 12.6. The topological polar surface area (TPSA) is 73.6 Å². The van der Waals surface area contributed by atoms with Crippen LogP contribution in [0.4, 0.5) is 11.4 Å². The highest BCUT2D eigenvalue weighted by Crippen LogP contribution is 2.25. The molecule has 1 aromatic rings. The number of nitrogens with one attached hydrogen (secondary N) is 1. The SMILES string of the molecule is CCOC(=O)c1cccc(N)c1NCCC1CCCCO1. The van der Waals surface area contributed by atoms with Gasteiger partial charge in [-0.15, -0.1) is 0 Å². The number of ether oxygens (including phenoxy) is 2. The van der Waals surface area contributed by atoms with E-state index in [0.29, 0.717) is 29.6 Å². The van der Waals surface area contributed by atoms with E-state index in [9.17, 15) is 4.79 Å². The highest BCUT2D eigenvalue weighted by molar-refractivity contribution is 5.98. The molecular weight excluding hydrogens is 268 g/mol. The average molecular weight is 292 g/mol. The first-order valence-corrected chi connectivity index (χ1v) is 7.63. The maximum absolute atomic E-state index is 11.9. The molecule has 0 radical (unpaired) electrons. The van der Waals surface area contributed by atoms with Crippen molar-refractivity contribution >= 4 is 17.3 Å². The first-order chi connectivity index (χ1) is 10.2. The molecular formula is C16H24N2O3. The fourth-order valence-corrected chi connectivity index (χ4v) is 2.54. The molecule has 3 N–H and O–H groups in total. The molecule has 0 bridgehead atoms. The van der Waals surface area contributed by atoms with Crippen LogP contribution in [0.25, 0.3) is 0 Å². The molecule has 1 aliphatic heterocycles. The number of nitrogens with two attached hydrogens (primary N) is 1. The van der Waals surface area contributed by atoms with Gasteiger partial charge < -0.3 is 20.5 Å². The highest BCUT2D eigenvalue weighted by atomic mass is 16.5. The minimum atomic E-state index is -0.346. The molecule has 1 saturated heterocycles. The Morgan fingerprint density at radius 3 is 3.05 bits per heavy atom. The van der Waals surface area contributed by atoms with Gasteiger partial charge in [0.1, 0.15) is 0 Å². The van der Waals surface area contributed by atoms with Gasteiger partial charge in [-0.25, -0.2) is 4.79 Å². The predicted molar refractivity (Wildman–Crippen MR) is 83.5 cm³/mol. The lowest BCUT2D eigenvalue weighted by Gasteiger charge is -2.23. The number of carbonyl (C=O) groups is 1. The smallest absolute Gasteiger partial charge is 0.340 e. The number of hydrogen-bond acceptors (Lipinski definition) is 5. The minimum Gasteiger partial charge on any atom is -0.462 e. The summed E-state index contributed by atoms with van der Waals surface area (Å²) in [7, 11) is 0. The number of benzene rings is 1. The largest absolute Gasteiger partial charge is 0.462 e. The molecule has 1 aromatic carbocycles. The minimum absolute atomic E-state index is 0.308. The van der Waals surface area contributed by atoms with Crippen LogP contribution in [0.5, 0.6) is 0 Å². The van der Waals surface area contributed by atoms with Crippen molar-refractivity contribution in [1.29, 1.82) is 0 Å². The van der Waals surface area contributed by atoms with E-state index in [1.54, 1.807) is 25.1 Å². The summed E-state index contributed by atoms with van der Waals surface area (Å²) < 4.78 is 10.8. The summed E-state index contributed by atoms with van der Waals surface area (Å²) >= 11 is 0. The Morgan fingerprint density at radius 1 is 1.48 bits per heavy atom. The fourth-order valence-electron chi connectivity index (χ4n) is 2.54. The van der Waals surface area contributed by atoms with Crippen LogP contribution in [0, 0.1) is 0 Å². The van der Waals surface area contributed by atoms with Gasteiger partial charge in [0.05, 0.1) is 29.6 Å². The maximum atomic E-state index is 11.9. The van der Waals surface area contributed by atoms with E-state index in [2.05, 4.69) is 5.32 Å². The fraction of sp³-hybridized carbons (Fsp3) is 0.562. The van der Waals surface area contributed by atoms with Crippen molar-refractivity contribution in [2.75, 3.05) is 30.8 Å². The van der Waals surface area contributed by atoms with Gasteiger partial charge in [0, 0.05) is 13.2 Å². The number of esters is 1. The van der Waals surface area contributed by atoms with E-state index in [-0.39, 0.29) is 5.97 Å². The molecule has 1 aliphatic rings. The van der Waals surface area contributed by atoms with E-state index in [4.69, 9.17) is 15.2 Å². The van der Waals surface area contributed by atoms with Gasteiger partial charge in [-0.2, -0.15) is 0 Å². The van der Waals surface area contributed by atoms with E-state index in [1.807, 2.05) is 0 Å². The van der Waals surface area contributed by atoms with E-state index < -0.39 is 0 Å². The lowest BCUT2D eigenvalue weighted by molar-refractivity contribution is 0.0134. The van der Waals surface area contributed by atoms with Gasteiger partial charge in [0.25, 0.3) is 0 Å². The van der Waals surface area contributed by atoms with Crippen LogP contribution in [-0.4, -0.2) is 31.8 Å². The van der Waals surface area contributed by atoms with Crippen molar-refractivity contribution in [3.8, 4) is 0 Å². The Balaban J connectivity index is 1.96. The third-order valence-corrected chi connectivity index (χ3v) is 3.63. The quantitative estimate of drug-likeness (QED) is 0.623. The van der Waals surface area contributed by atoms with Crippen molar-refractivity contribution in [3.63, 3.8) is 0 Å². The number of para-hydroxylation sites is 1. The highest BCUT2D eigenvalue weighted by Gasteiger charge is 2.16. The van der Waals surface area contributed by atoms with Crippen LogP contribution >= 0.6 is 0 Å². The molecule has 5 heteroatoms. The second-order valence-corrected chi connectivity index (χ2v) is 5.19. The number of hydrogen-bond donors (Lipinski definition) is 2. The second-order valence-electron chi connectivity index (χ2n) is 5.19. The standard InChI is InChI=1S/C16H24N2O3/c1-2-20-16(19)13-7-5-8-14(17)15(13)18-10-9-12-6-3-4-11-21-12/h5,7-8,12,18H,2-4,6,9-11,17H2,1H3. The predicted octanol–water partition coefficient (Wildman–Crippen LogP) is 2.82. The van der Waals surface area contributed by atoms with Crippen LogP contribution in [0.1, 0.15) is 43.0 Å². The van der Waals surface area contributed by atoms with Gasteiger partial charge in [0.15, 0.2) is 0 Å². The average Bonchev–Trinajstić information content (AvgIpc) is 2.50. The second kappa shape index (κ2) is 7.88. The molecule has 0 aliphatic carbocycles. The molecule has 1 atom stereocenters. The van der Waals surface area contributed by atoms with Crippen LogP contribution in [-0.2, 0) is 9.47 Å². The zero-order chi connectivity index (χ0) is 15.1. The molecule has 0 spiro atoms. The van der Waals surface area contributed by atoms with Crippen LogP contribution in [0.2, 0.25) is 0 Å². The summed E-state index contributed by atoms with van der Waals surface area (Å²) in [6, 6.07) is 5.27. The first kappa shape index (κ1) is 15.6. The maximum Gasteiger partial charge on any atom is 0.340 e. The van der Waals surface area contributed by atoms with E-state index in [1.165, 1.54) is 6.42 Å². The Labute approximate surface area is 125 Å². The third-order valence-electron chi connectivity index (χ3n) is 3.63. The Bertz CT molecular complexity index is 471. The van der Waals surface area contributed by atoms with Crippen LogP contribution in [0.15, 0.2) is 18.2 Å². The van der Waals surface area contributed by atoms with Gasteiger partial charge in [-0.3, -0.25) is 0 Å². The molecule has 116 valence electrons. The summed E-state index contributed by atoms with van der Waals surface area (Å²) in [5.74, 6) is -0.346. The van der Waals surface area contributed by atoms with Crippen LogP contribution in [0.3, 0.4) is 0 Å². The molecule has 0 saturated carbocycles. The van der Waals surface area contributed by atoms with Crippen molar-refractivity contribution in [1.82, 2.24) is 0 Å². The summed E-state index contributed by atoms with van der Waals surface area (Å²) in [4.78, 5) is 11.9. The monoisotopic (exact) mass is 292 g/mol. The van der Waals surface area contributed by atoms with Crippen molar-refractivity contribution < 1.29 is 14.3 Å². The molecule has 21 heavy (non-hydrogen) atoms. The summed E-state index contributed by atoms with van der Waals surface area (Å²) in [6.07, 6.45) is 4.71. The van der Waals surface area contributed by atoms with E-state index >= 15 is 0 Å². The Hall–Kier alpha value is -1.75. The van der Waals surface area contributed by atoms with Crippen molar-refractivity contribution in [2.45, 2.75) is 38.7 Å². The van der Waals surface area contributed by atoms with Gasteiger partial charge in [0.2, 0.25) is 0 Å². The Morgan fingerprint density at radius 2 is 2.33 bits per heavy atom. The molecule has 1 fully saturated rings. The molecule has 2 rings (SSSR count). The van der Waals surface area contributed by atoms with Gasteiger partial charge in [-0.1, -0.05) is 6.07 Å². The third kappa shape index (κ3) is 4.36. The lowest BCUT2D eigenvalue weighted by atomic mass is 10.1. The van der Waals surface area contributed by atoms with Gasteiger partial charge in [-0.05, 0) is 44.7 Å². The lowest BCUT2D eigenvalue weighted by Crippen LogP contribution is -2.22. The molecule has 0 amide bonds. The van der Waals surface area contributed by atoms with Crippen molar-refractivity contribution in [2.24, 2.45) is 0 Å². The summed E-state index contributed by atoms with van der Waals surface area (Å²) in [5.41, 5.74) is 7.68. The van der Waals surface area contributed by atoms with Crippen molar-refractivity contribution in [3.05, 3.63) is 23.8 Å². The molecule has 1 unspecified atom stereocenters. The Kier molecular flexibility index (Phi) is 5.87. The molecule has 0 aromatic heterocycles.